The summed E-state index contributed by atoms with van der Waals surface area (Å²) in [5, 5.41) is 11.5. The molecule has 3 atom stereocenters. The molecule has 2 N–H and O–H groups in total. The van der Waals surface area contributed by atoms with Crippen molar-refractivity contribution in [3.63, 3.8) is 0 Å². The van der Waals surface area contributed by atoms with Crippen molar-refractivity contribution < 1.29 is 19.5 Å². The van der Waals surface area contributed by atoms with Gasteiger partial charge >= 0.3 is 0 Å². The predicted molar refractivity (Wildman–Crippen MR) is 80.3 cm³/mol. The number of carbonyl (C=O) groups is 3. The fourth-order valence-electron chi connectivity index (χ4n) is 4.52. The first-order valence-corrected chi connectivity index (χ1v) is 8.45. The van der Waals surface area contributed by atoms with Crippen LogP contribution in [0.1, 0.15) is 59.3 Å². The summed E-state index contributed by atoms with van der Waals surface area (Å²) < 4.78 is 0. The number of hydrazine groups is 1. The lowest BCUT2D eigenvalue weighted by Gasteiger charge is -2.41. The Balaban J connectivity index is 1.57. The first kappa shape index (κ1) is 16.3. The van der Waals surface area contributed by atoms with Crippen LogP contribution < -0.4 is 16.0 Å². The molecule has 0 saturated heterocycles. The standard InChI is InChI=1S/C17H26N2O4/c1-15(2)10(5-8-16(15,3)14(22)23)12(20)18-19-13(21)11-9-17(11)6-4-7-17/h10-11H,4-9H2,1-3H3,(H,18,20)(H,19,21)(H,22,23)/p-1/t10-,11-,16+/m0/s1. The normalized spacial score (nSPS) is 36.1. The van der Waals surface area contributed by atoms with Gasteiger partial charge in [-0.25, -0.2) is 0 Å². The Bertz CT molecular complexity index is 567. The number of carboxylic acid groups (broad SMARTS) is 1. The minimum atomic E-state index is -1.12. The average Bonchev–Trinajstić information content (AvgIpc) is 3.14. The highest BCUT2D eigenvalue weighted by atomic mass is 16.4. The van der Waals surface area contributed by atoms with Crippen LogP contribution in [0.4, 0.5) is 0 Å². The SMILES string of the molecule is CC1(C)[C@H](C(=O)NNC(=O)[C@@H]2CC23CCC3)CC[C@]1(C)C(=O)[O-]. The van der Waals surface area contributed by atoms with E-state index in [-0.39, 0.29) is 23.1 Å². The van der Waals surface area contributed by atoms with E-state index in [0.717, 1.165) is 19.3 Å². The molecular weight excluding hydrogens is 296 g/mol. The number of nitrogens with one attached hydrogen (secondary N) is 2. The highest BCUT2D eigenvalue weighted by molar-refractivity contribution is 5.88. The maximum absolute atomic E-state index is 12.4. The third kappa shape index (κ3) is 2.25. The Morgan fingerprint density at radius 1 is 0.957 bits per heavy atom. The minimum Gasteiger partial charge on any atom is -0.550 e. The fourth-order valence-corrected chi connectivity index (χ4v) is 4.52. The van der Waals surface area contributed by atoms with Crippen LogP contribution in [0.3, 0.4) is 0 Å². The summed E-state index contributed by atoms with van der Waals surface area (Å²) in [6, 6.07) is 0. The molecule has 6 heteroatoms. The molecule has 0 aromatic carbocycles. The van der Waals surface area contributed by atoms with Gasteiger partial charge in [-0.3, -0.25) is 20.4 Å². The third-order valence-corrected chi connectivity index (χ3v) is 7.16. The van der Waals surface area contributed by atoms with E-state index in [1.54, 1.807) is 20.8 Å². The van der Waals surface area contributed by atoms with Gasteiger partial charge in [0.05, 0.1) is 0 Å². The molecule has 3 saturated carbocycles. The van der Waals surface area contributed by atoms with E-state index < -0.39 is 22.7 Å². The Kier molecular flexibility index (Phi) is 3.50. The van der Waals surface area contributed by atoms with Crippen molar-refractivity contribution in [1.82, 2.24) is 10.9 Å². The molecule has 0 heterocycles. The summed E-state index contributed by atoms with van der Waals surface area (Å²) in [6.45, 7) is 5.21. The van der Waals surface area contributed by atoms with Crippen LogP contribution >= 0.6 is 0 Å². The molecule has 2 amide bonds. The molecule has 0 unspecified atom stereocenters. The van der Waals surface area contributed by atoms with Crippen molar-refractivity contribution in [2.24, 2.45) is 28.1 Å². The van der Waals surface area contributed by atoms with Crippen molar-refractivity contribution in [2.75, 3.05) is 0 Å². The van der Waals surface area contributed by atoms with Gasteiger partial charge in [0.15, 0.2) is 0 Å². The van der Waals surface area contributed by atoms with Crippen LogP contribution in [-0.2, 0) is 14.4 Å². The van der Waals surface area contributed by atoms with Crippen LogP contribution in [0, 0.1) is 28.1 Å². The number of carboxylic acids is 1. The van der Waals surface area contributed by atoms with E-state index in [1.165, 1.54) is 6.42 Å². The molecule has 0 aromatic rings. The molecule has 0 aromatic heterocycles. The molecule has 0 bridgehead atoms. The predicted octanol–water partition coefficient (Wildman–Crippen LogP) is 0.516. The van der Waals surface area contributed by atoms with Gasteiger partial charge in [0.2, 0.25) is 11.8 Å². The van der Waals surface area contributed by atoms with E-state index in [0.29, 0.717) is 12.8 Å². The van der Waals surface area contributed by atoms with Gasteiger partial charge in [-0.2, -0.15) is 0 Å². The number of hydrogen-bond donors (Lipinski definition) is 2. The molecule has 3 fully saturated rings. The molecule has 0 aliphatic heterocycles. The maximum atomic E-state index is 12.4. The monoisotopic (exact) mass is 321 g/mol. The smallest absolute Gasteiger partial charge is 0.242 e. The average molecular weight is 321 g/mol. The summed E-state index contributed by atoms with van der Waals surface area (Å²) in [4.78, 5) is 36.0. The molecule has 23 heavy (non-hydrogen) atoms. The Labute approximate surface area is 136 Å². The topological polar surface area (TPSA) is 98.3 Å². The van der Waals surface area contributed by atoms with Gasteiger partial charge in [-0.15, -0.1) is 0 Å². The molecule has 0 radical (unpaired) electrons. The van der Waals surface area contributed by atoms with Gasteiger partial charge in [0.25, 0.3) is 0 Å². The first-order chi connectivity index (χ1) is 10.6. The van der Waals surface area contributed by atoms with E-state index in [4.69, 9.17) is 0 Å². The molecule has 6 nitrogen and oxygen atoms in total. The van der Waals surface area contributed by atoms with E-state index in [2.05, 4.69) is 10.9 Å². The lowest BCUT2D eigenvalue weighted by atomic mass is 9.65. The minimum absolute atomic E-state index is 0.0293. The van der Waals surface area contributed by atoms with Crippen molar-refractivity contribution in [3.8, 4) is 0 Å². The van der Waals surface area contributed by atoms with Gasteiger partial charge in [-0.05, 0) is 42.9 Å². The van der Waals surface area contributed by atoms with Gasteiger partial charge in [0.1, 0.15) is 0 Å². The van der Waals surface area contributed by atoms with Crippen LogP contribution in [0.25, 0.3) is 0 Å². The third-order valence-electron chi connectivity index (χ3n) is 7.16. The lowest BCUT2D eigenvalue weighted by molar-refractivity contribution is -0.323. The summed E-state index contributed by atoms with van der Waals surface area (Å²) in [5.41, 5.74) is 3.50. The van der Waals surface area contributed by atoms with Crippen LogP contribution in [0.15, 0.2) is 0 Å². The lowest BCUT2D eigenvalue weighted by Crippen LogP contribution is -2.52. The second-order valence-electron chi connectivity index (χ2n) is 8.38. The highest BCUT2D eigenvalue weighted by Gasteiger charge is 2.61. The van der Waals surface area contributed by atoms with Crippen molar-refractivity contribution in [1.29, 1.82) is 0 Å². The van der Waals surface area contributed by atoms with Gasteiger partial charge < -0.3 is 9.90 Å². The van der Waals surface area contributed by atoms with Crippen molar-refractivity contribution in [2.45, 2.75) is 59.3 Å². The second-order valence-corrected chi connectivity index (χ2v) is 8.38. The number of rotatable bonds is 3. The zero-order valence-corrected chi connectivity index (χ0v) is 14.0. The van der Waals surface area contributed by atoms with E-state index >= 15 is 0 Å². The fraction of sp³-hybridized carbons (Fsp3) is 0.824. The van der Waals surface area contributed by atoms with Crippen LogP contribution in [0.2, 0.25) is 0 Å². The molecular formula is C17H25N2O4-. The van der Waals surface area contributed by atoms with Crippen molar-refractivity contribution in [3.05, 3.63) is 0 Å². The Hall–Kier alpha value is -1.59. The summed E-state index contributed by atoms with van der Waals surface area (Å²) in [7, 11) is 0. The van der Waals surface area contributed by atoms with Crippen LogP contribution in [-0.4, -0.2) is 17.8 Å². The number of hydrogen-bond acceptors (Lipinski definition) is 4. The van der Waals surface area contributed by atoms with E-state index in [1.807, 2.05) is 0 Å². The molecule has 3 rings (SSSR count). The van der Waals surface area contributed by atoms with Gasteiger partial charge in [-0.1, -0.05) is 27.2 Å². The Morgan fingerprint density at radius 2 is 1.52 bits per heavy atom. The van der Waals surface area contributed by atoms with Crippen LogP contribution in [0.5, 0.6) is 0 Å². The maximum Gasteiger partial charge on any atom is 0.242 e. The number of carbonyl (C=O) groups excluding carboxylic acids is 3. The number of aliphatic carboxylic acids is 1. The van der Waals surface area contributed by atoms with E-state index in [9.17, 15) is 19.5 Å². The number of amides is 2. The second kappa shape index (κ2) is 4.95. The highest BCUT2D eigenvalue weighted by Crippen LogP contribution is 2.65. The summed E-state index contributed by atoms with van der Waals surface area (Å²) >= 11 is 0. The molecule has 3 aliphatic carbocycles. The van der Waals surface area contributed by atoms with Gasteiger partial charge in [0, 0.05) is 23.2 Å². The van der Waals surface area contributed by atoms with Crippen molar-refractivity contribution >= 4 is 17.8 Å². The molecule has 1 spiro atoms. The first-order valence-electron chi connectivity index (χ1n) is 8.45. The molecule has 128 valence electrons. The largest absolute Gasteiger partial charge is 0.550 e. The quantitative estimate of drug-likeness (QED) is 0.740. The summed E-state index contributed by atoms with van der Waals surface area (Å²) in [6.07, 6.45) is 5.21. The zero-order valence-electron chi connectivity index (χ0n) is 14.0. The Morgan fingerprint density at radius 3 is 1.91 bits per heavy atom. The summed E-state index contributed by atoms with van der Waals surface area (Å²) in [5.74, 6) is -1.97. The zero-order chi connectivity index (χ0) is 17.0. The molecule has 3 aliphatic rings.